The molecular formula is C18H25NS. The largest absolute Gasteiger partial charge is 0.398 e. The molecule has 0 aromatic heterocycles. The first kappa shape index (κ1) is 13.1. The third-order valence-electron chi connectivity index (χ3n) is 6.02. The molecule has 0 spiro atoms. The molecule has 2 N–H and O–H groups in total. The first-order valence-electron chi connectivity index (χ1n) is 8.11. The number of hydrogen-bond acceptors (Lipinski definition) is 2. The van der Waals surface area contributed by atoms with Crippen LogP contribution < -0.4 is 5.73 Å². The smallest absolute Gasteiger partial charge is 0.0354 e. The first-order chi connectivity index (χ1) is 9.63. The molecule has 4 fully saturated rings. The molecule has 0 heterocycles. The molecule has 0 radical (unpaired) electrons. The molecule has 1 aromatic rings. The summed E-state index contributed by atoms with van der Waals surface area (Å²) in [6, 6.07) is 6.37. The third-order valence-corrected chi connectivity index (χ3v) is 7.53. The Morgan fingerprint density at radius 2 is 1.70 bits per heavy atom. The normalized spacial score (nSPS) is 38.4. The number of nitrogens with two attached hydrogens (primary N) is 1. The summed E-state index contributed by atoms with van der Waals surface area (Å²) in [4.78, 5) is 1.40. The lowest BCUT2D eigenvalue weighted by Crippen LogP contribution is -2.47. The van der Waals surface area contributed by atoms with Crippen LogP contribution in [0.4, 0.5) is 5.69 Å². The van der Waals surface area contributed by atoms with Gasteiger partial charge in [-0.2, -0.15) is 0 Å². The van der Waals surface area contributed by atoms with Gasteiger partial charge in [0.1, 0.15) is 0 Å². The van der Waals surface area contributed by atoms with Crippen molar-refractivity contribution in [3.05, 3.63) is 23.8 Å². The predicted molar refractivity (Wildman–Crippen MR) is 86.9 cm³/mol. The van der Waals surface area contributed by atoms with Gasteiger partial charge in [0, 0.05) is 16.3 Å². The van der Waals surface area contributed by atoms with Crippen LogP contribution in [-0.2, 0) is 0 Å². The summed E-state index contributed by atoms with van der Waals surface area (Å²) in [6.45, 7) is 2.16. The molecule has 108 valence electrons. The molecule has 0 amide bonds. The summed E-state index contributed by atoms with van der Waals surface area (Å²) in [7, 11) is 0. The third kappa shape index (κ3) is 2.16. The summed E-state index contributed by atoms with van der Waals surface area (Å²) in [5.41, 5.74) is 8.93. The summed E-state index contributed by atoms with van der Waals surface area (Å²) in [5, 5.41) is 0. The molecule has 20 heavy (non-hydrogen) atoms. The van der Waals surface area contributed by atoms with E-state index < -0.39 is 0 Å². The molecule has 0 aliphatic heterocycles. The van der Waals surface area contributed by atoms with Gasteiger partial charge in [-0.15, -0.1) is 11.8 Å². The van der Waals surface area contributed by atoms with E-state index in [4.69, 9.17) is 5.73 Å². The molecule has 4 aliphatic rings. The number of rotatable bonds is 3. The van der Waals surface area contributed by atoms with Crippen molar-refractivity contribution >= 4 is 17.4 Å². The zero-order chi connectivity index (χ0) is 13.7. The van der Waals surface area contributed by atoms with Crippen LogP contribution in [0, 0.1) is 30.1 Å². The van der Waals surface area contributed by atoms with Crippen LogP contribution in [0.5, 0.6) is 0 Å². The molecular weight excluding hydrogens is 262 g/mol. The Bertz CT molecular complexity index is 487. The van der Waals surface area contributed by atoms with Crippen molar-refractivity contribution in [2.75, 3.05) is 11.5 Å². The number of hydrogen-bond donors (Lipinski definition) is 1. The van der Waals surface area contributed by atoms with E-state index >= 15 is 0 Å². The first-order valence-corrected chi connectivity index (χ1v) is 9.10. The molecule has 0 unspecified atom stereocenters. The topological polar surface area (TPSA) is 26.0 Å². The summed E-state index contributed by atoms with van der Waals surface area (Å²) >= 11 is 2.07. The van der Waals surface area contributed by atoms with Crippen molar-refractivity contribution in [1.82, 2.24) is 0 Å². The molecule has 5 rings (SSSR count). The molecule has 2 heteroatoms. The zero-order valence-electron chi connectivity index (χ0n) is 12.4. The Hall–Kier alpha value is -0.630. The van der Waals surface area contributed by atoms with Crippen LogP contribution >= 0.6 is 11.8 Å². The van der Waals surface area contributed by atoms with Crippen molar-refractivity contribution in [1.29, 1.82) is 0 Å². The molecule has 4 bridgehead atoms. The number of anilines is 1. The number of nitrogen functional groups attached to an aromatic ring is 1. The standard InChI is InChI=1S/C18H25NS/c1-12-16(19)3-2-4-17(12)20-11-18-8-13-5-14(9-18)7-15(6-13)10-18/h2-4,13-15H,5-11,19H2,1H3. The maximum Gasteiger partial charge on any atom is 0.0354 e. The van der Waals surface area contributed by atoms with Gasteiger partial charge in [-0.25, -0.2) is 0 Å². The minimum Gasteiger partial charge on any atom is -0.398 e. The predicted octanol–water partition coefficient (Wildman–Crippen LogP) is 4.89. The Balaban J connectivity index is 1.50. The monoisotopic (exact) mass is 287 g/mol. The van der Waals surface area contributed by atoms with E-state index in [2.05, 4.69) is 30.8 Å². The summed E-state index contributed by atoms with van der Waals surface area (Å²) < 4.78 is 0. The summed E-state index contributed by atoms with van der Waals surface area (Å²) in [6.07, 6.45) is 9.15. The second-order valence-electron chi connectivity index (χ2n) is 7.68. The van der Waals surface area contributed by atoms with Gasteiger partial charge in [0.25, 0.3) is 0 Å². The fourth-order valence-corrected chi connectivity index (χ4v) is 6.81. The minimum absolute atomic E-state index is 0.663. The maximum absolute atomic E-state index is 6.04. The molecule has 0 saturated heterocycles. The Kier molecular flexibility index (Phi) is 3.06. The molecule has 0 atom stereocenters. The second kappa shape index (κ2) is 4.69. The van der Waals surface area contributed by atoms with Gasteiger partial charge in [0.2, 0.25) is 0 Å². The second-order valence-corrected chi connectivity index (χ2v) is 8.69. The Morgan fingerprint density at radius 1 is 1.10 bits per heavy atom. The Labute approximate surface area is 126 Å². The van der Waals surface area contributed by atoms with Crippen molar-refractivity contribution in [2.45, 2.75) is 50.3 Å². The highest BCUT2D eigenvalue weighted by atomic mass is 32.2. The van der Waals surface area contributed by atoms with Crippen LogP contribution in [-0.4, -0.2) is 5.75 Å². The zero-order valence-corrected chi connectivity index (χ0v) is 13.2. The van der Waals surface area contributed by atoms with Gasteiger partial charge in [-0.05, 0) is 86.3 Å². The van der Waals surface area contributed by atoms with Gasteiger partial charge >= 0.3 is 0 Å². The van der Waals surface area contributed by atoms with Gasteiger partial charge in [-0.3, -0.25) is 0 Å². The highest BCUT2D eigenvalue weighted by molar-refractivity contribution is 7.99. The van der Waals surface area contributed by atoms with Gasteiger partial charge in [-0.1, -0.05) is 6.07 Å². The minimum atomic E-state index is 0.663. The lowest BCUT2D eigenvalue weighted by Gasteiger charge is -2.56. The van der Waals surface area contributed by atoms with Crippen LogP contribution in [0.15, 0.2) is 23.1 Å². The van der Waals surface area contributed by atoms with E-state index in [1.54, 1.807) is 19.3 Å². The van der Waals surface area contributed by atoms with Gasteiger partial charge in [0.15, 0.2) is 0 Å². The molecule has 1 nitrogen and oxygen atoms in total. The number of thioether (sulfide) groups is 1. The van der Waals surface area contributed by atoms with E-state index in [0.29, 0.717) is 5.41 Å². The lowest BCUT2D eigenvalue weighted by atomic mass is 9.50. The number of benzene rings is 1. The lowest BCUT2D eigenvalue weighted by molar-refractivity contribution is -0.0381. The van der Waals surface area contributed by atoms with Crippen LogP contribution in [0.3, 0.4) is 0 Å². The van der Waals surface area contributed by atoms with E-state index in [9.17, 15) is 0 Å². The average Bonchev–Trinajstić information content (AvgIpc) is 2.39. The van der Waals surface area contributed by atoms with Crippen molar-refractivity contribution in [3.63, 3.8) is 0 Å². The quantitative estimate of drug-likeness (QED) is 0.633. The van der Waals surface area contributed by atoms with Crippen LogP contribution in [0.25, 0.3) is 0 Å². The van der Waals surface area contributed by atoms with Gasteiger partial charge in [0.05, 0.1) is 0 Å². The summed E-state index contributed by atoms with van der Waals surface area (Å²) in [5.74, 6) is 4.50. The van der Waals surface area contributed by atoms with Gasteiger partial charge < -0.3 is 5.73 Å². The van der Waals surface area contributed by atoms with Crippen LogP contribution in [0.2, 0.25) is 0 Å². The van der Waals surface area contributed by atoms with Crippen LogP contribution in [0.1, 0.15) is 44.1 Å². The molecule has 1 aromatic carbocycles. The van der Waals surface area contributed by atoms with E-state index in [-0.39, 0.29) is 0 Å². The van der Waals surface area contributed by atoms with Crippen molar-refractivity contribution in [2.24, 2.45) is 23.2 Å². The Morgan fingerprint density at radius 3 is 2.30 bits per heavy atom. The maximum atomic E-state index is 6.04. The average molecular weight is 287 g/mol. The van der Waals surface area contributed by atoms with E-state index in [1.807, 2.05) is 6.07 Å². The fourth-order valence-electron chi connectivity index (χ4n) is 5.49. The van der Waals surface area contributed by atoms with Crippen molar-refractivity contribution < 1.29 is 0 Å². The van der Waals surface area contributed by atoms with E-state index in [1.165, 1.54) is 35.5 Å². The van der Waals surface area contributed by atoms with E-state index in [0.717, 1.165) is 23.4 Å². The SMILES string of the molecule is Cc1c(N)cccc1SCC12CC3CC(CC(C3)C1)C2. The van der Waals surface area contributed by atoms with Crippen molar-refractivity contribution in [3.8, 4) is 0 Å². The highest BCUT2D eigenvalue weighted by Crippen LogP contribution is 2.61. The fraction of sp³-hybridized carbons (Fsp3) is 0.667. The highest BCUT2D eigenvalue weighted by Gasteiger charge is 2.50. The molecule has 4 saturated carbocycles. The molecule has 4 aliphatic carbocycles.